The average molecular weight is 270 g/mol. The van der Waals surface area contributed by atoms with Crippen molar-refractivity contribution in [1.29, 1.82) is 0 Å². The quantitative estimate of drug-likeness (QED) is 0.779. The minimum absolute atomic E-state index is 0.226. The van der Waals surface area contributed by atoms with Crippen molar-refractivity contribution in [2.75, 3.05) is 13.1 Å². The van der Waals surface area contributed by atoms with Gasteiger partial charge >= 0.3 is 12.0 Å². The molecule has 0 aliphatic carbocycles. The normalized spacial score (nSPS) is 18.1. The van der Waals surface area contributed by atoms with Crippen molar-refractivity contribution in [2.45, 2.75) is 58.4 Å². The van der Waals surface area contributed by atoms with E-state index in [9.17, 15) is 9.59 Å². The molecule has 19 heavy (non-hydrogen) atoms. The number of carbonyl (C=O) groups excluding carboxylic acids is 1. The molecule has 5 heteroatoms. The highest BCUT2D eigenvalue weighted by Crippen LogP contribution is 2.21. The van der Waals surface area contributed by atoms with E-state index in [1.165, 1.54) is 12.8 Å². The van der Waals surface area contributed by atoms with Gasteiger partial charge in [0.05, 0.1) is 0 Å². The van der Waals surface area contributed by atoms with Crippen LogP contribution in [0.25, 0.3) is 0 Å². The number of rotatable bonds is 6. The standard InChI is InChI=1S/C14H26N2O3/c1-3-5-11-7-9-16(10-8-11)14(19)15-12(6-4-2)13(17)18/h11-12H,3-10H2,1-2H3,(H,15,19)(H,17,18). The van der Waals surface area contributed by atoms with Gasteiger partial charge in [-0.15, -0.1) is 0 Å². The molecule has 0 aromatic carbocycles. The molecule has 1 unspecified atom stereocenters. The highest BCUT2D eigenvalue weighted by Gasteiger charge is 2.25. The van der Waals surface area contributed by atoms with E-state index in [2.05, 4.69) is 12.2 Å². The number of amides is 2. The lowest BCUT2D eigenvalue weighted by molar-refractivity contribution is -0.139. The molecule has 1 heterocycles. The Morgan fingerprint density at radius 1 is 1.26 bits per heavy atom. The topological polar surface area (TPSA) is 69.6 Å². The number of hydrogen-bond donors (Lipinski definition) is 2. The van der Waals surface area contributed by atoms with E-state index < -0.39 is 12.0 Å². The van der Waals surface area contributed by atoms with E-state index in [1.54, 1.807) is 4.90 Å². The van der Waals surface area contributed by atoms with E-state index >= 15 is 0 Å². The highest BCUT2D eigenvalue weighted by molar-refractivity contribution is 5.82. The fraction of sp³-hybridized carbons (Fsp3) is 0.857. The third-order valence-corrected chi connectivity index (χ3v) is 3.77. The van der Waals surface area contributed by atoms with Crippen LogP contribution < -0.4 is 5.32 Å². The van der Waals surface area contributed by atoms with Gasteiger partial charge in [0.25, 0.3) is 0 Å². The van der Waals surface area contributed by atoms with Gasteiger partial charge in [0.1, 0.15) is 6.04 Å². The fourth-order valence-corrected chi connectivity index (χ4v) is 2.62. The van der Waals surface area contributed by atoms with Gasteiger partial charge in [-0.1, -0.05) is 33.1 Å². The first kappa shape index (κ1) is 15.8. The van der Waals surface area contributed by atoms with Crippen LogP contribution in [0, 0.1) is 5.92 Å². The van der Waals surface area contributed by atoms with Crippen LogP contribution in [0.4, 0.5) is 4.79 Å². The van der Waals surface area contributed by atoms with Crippen LogP contribution in [0.3, 0.4) is 0 Å². The first-order valence-electron chi connectivity index (χ1n) is 7.36. The van der Waals surface area contributed by atoms with Gasteiger partial charge < -0.3 is 15.3 Å². The molecule has 1 aliphatic heterocycles. The summed E-state index contributed by atoms with van der Waals surface area (Å²) in [5, 5.41) is 11.7. The Bertz CT molecular complexity index is 299. The van der Waals surface area contributed by atoms with Crippen LogP contribution >= 0.6 is 0 Å². The van der Waals surface area contributed by atoms with Crippen LogP contribution in [0.1, 0.15) is 52.4 Å². The summed E-state index contributed by atoms with van der Waals surface area (Å²) in [6.07, 6.45) is 5.71. The zero-order valence-corrected chi connectivity index (χ0v) is 12.0. The molecule has 1 atom stereocenters. The van der Waals surface area contributed by atoms with E-state index in [-0.39, 0.29) is 6.03 Å². The van der Waals surface area contributed by atoms with Crippen LogP contribution in [0.15, 0.2) is 0 Å². The summed E-state index contributed by atoms with van der Waals surface area (Å²) in [6.45, 7) is 5.59. The second-order valence-corrected chi connectivity index (χ2v) is 5.35. The zero-order chi connectivity index (χ0) is 14.3. The lowest BCUT2D eigenvalue weighted by Gasteiger charge is -2.32. The molecule has 1 aliphatic rings. The molecule has 2 N–H and O–H groups in total. The van der Waals surface area contributed by atoms with Crippen LogP contribution in [-0.4, -0.2) is 41.1 Å². The second-order valence-electron chi connectivity index (χ2n) is 5.35. The third kappa shape index (κ3) is 5.09. The number of aliphatic carboxylic acids is 1. The number of carboxylic acid groups (broad SMARTS) is 1. The Balaban J connectivity index is 2.39. The fourth-order valence-electron chi connectivity index (χ4n) is 2.62. The molecule has 0 aromatic rings. The maximum atomic E-state index is 12.0. The van der Waals surface area contributed by atoms with Crippen molar-refractivity contribution in [3.05, 3.63) is 0 Å². The minimum Gasteiger partial charge on any atom is -0.480 e. The van der Waals surface area contributed by atoms with E-state index in [0.717, 1.165) is 38.3 Å². The number of urea groups is 1. The van der Waals surface area contributed by atoms with Gasteiger partial charge in [-0.3, -0.25) is 0 Å². The SMILES string of the molecule is CCCC1CCN(C(=O)NC(CCC)C(=O)O)CC1. The molecular weight excluding hydrogens is 244 g/mol. The summed E-state index contributed by atoms with van der Waals surface area (Å²) in [7, 11) is 0. The first-order valence-corrected chi connectivity index (χ1v) is 7.36. The number of nitrogens with zero attached hydrogens (tertiary/aromatic N) is 1. The molecule has 1 saturated heterocycles. The molecule has 0 radical (unpaired) electrons. The average Bonchev–Trinajstić information content (AvgIpc) is 2.39. The lowest BCUT2D eigenvalue weighted by Crippen LogP contribution is -2.50. The van der Waals surface area contributed by atoms with Crippen molar-refractivity contribution in [3.63, 3.8) is 0 Å². The van der Waals surface area contributed by atoms with Gasteiger partial charge in [-0.2, -0.15) is 0 Å². The molecule has 5 nitrogen and oxygen atoms in total. The molecule has 110 valence electrons. The molecule has 0 bridgehead atoms. The minimum atomic E-state index is -0.948. The summed E-state index contributed by atoms with van der Waals surface area (Å²) >= 11 is 0. The monoisotopic (exact) mass is 270 g/mol. The number of nitrogens with one attached hydrogen (secondary N) is 1. The Morgan fingerprint density at radius 3 is 2.37 bits per heavy atom. The Labute approximate surface area is 115 Å². The molecule has 1 rings (SSSR count). The van der Waals surface area contributed by atoms with Crippen molar-refractivity contribution in [3.8, 4) is 0 Å². The number of likely N-dealkylation sites (tertiary alicyclic amines) is 1. The van der Waals surface area contributed by atoms with Gasteiger partial charge in [-0.25, -0.2) is 9.59 Å². The Kier molecular flexibility index (Phi) is 6.67. The van der Waals surface area contributed by atoms with Gasteiger partial charge in [0, 0.05) is 13.1 Å². The van der Waals surface area contributed by atoms with Crippen molar-refractivity contribution in [1.82, 2.24) is 10.2 Å². The number of hydrogen-bond acceptors (Lipinski definition) is 2. The smallest absolute Gasteiger partial charge is 0.326 e. The number of carboxylic acids is 1. The summed E-state index contributed by atoms with van der Waals surface area (Å²) in [5.74, 6) is -0.226. The first-order chi connectivity index (χ1) is 9.08. The van der Waals surface area contributed by atoms with Gasteiger partial charge in [0.2, 0.25) is 0 Å². The lowest BCUT2D eigenvalue weighted by atomic mass is 9.93. The maximum Gasteiger partial charge on any atom is 0.326 e. The summed E-state index contributed by atoms with van der Waals surface area (Å²) in [4.78, 5) is 24.8. The Morgan fingerprint density at radius 2 is 1.89 bits per heavy atom. The molecule has 0 saturated carbocycles. The van der Waals surface area contributed by atoms with Crippen molar-refractivity contribution < 1.29 is 14.7 Å². The summed E-state index contributed by atoms with van der Waals surface area (Å²) in [6, 6.07) is -0.985. The van der Waals surface area contributed by atoms with E-state index in [1.807, 2.05) is 6.92 Å². The van der Waals surface area contributed by atoms with Gasteiger partial charge in [0.15, 0.2) is 0 Å². The third-order valence-electron chi connectivity index (χ3n) is 3.77. The Hall–Kier alpha value is -1.26. The highest BCUT2D eigenvalue weighted by atomic mass is 16.4. The van der Waals surface area contributed by atoms with Crippen molar-refractivity contribution >= 4 is 12.0 Å². The second kappa shape index (κ2) is 8.02. The number of piperidine rings is 1. The van der Waals surface area contributed by atoms with Crippen LogP contribution in [0.5, 0.6) is 0 Å². The zero-order valence-electron chi connectivity index (χ0n) is 12.0. The predicted octanol–water partition coefficient (Wildman–Crippen LogP) is 2.46. The van der Waals surface area contributed by atoms with E-state index in [4.69, 9.17) is 5.11 Å². The number of carbonyl (C=O) groups is 2. The van der Waals surface area contributed by atoms with Crippen LogP contribution in [0.2, 0.25) is 0 Å². The van der Waals surface area contributed by atoms with Gasteiger partial charge in [-0.05, 0) is 25.2 Å². The molecule has 2 amide bonds. The molecule has 0 spiro atoms. The largest absolute Gasteiger partial charge is 0.480 e. The summed E-state index contributed by atoms with van der Waals surface area (Å²) in [5.41, 5.74) is 0. The molecule has 1 fully saturated rings. The van der Waals surface area contributed by atoms with Crippen molar-refractivity contribution in [2.24, 2.45) is 5.92 Å². The molecule has 0 aromatic heterocycles. The van der Waals surface area contributed by atoms with Crippen LogP contribution in [-0.2, 0) is 4.79 Å². The maximum absolute atomic E-state index is 12.0. The molecular formula is C14H26N2O3. The van der Waals surface area contributed by atoms with E-state index in [0.29, 0.717) is 6.42 Å². The summed E-state index contributed by atoms with van der Waals surface area (Å²) < 4.78 is 0. The predicted molar refractivity (Wildman–Crippen MR) is 74.1 cm³/mol.